The van der Waals surface area contributed by atoms with E-state index in [0.717, 1.165) is 28.3 Å². The molecule has 0 fully saturated rings. The predicted octanol–water partition coefficient (Wildman–Crippen LogP) is 16.1. The third kappa shape index (κ3) is 6.23. The number of para-hydroxylation sites is 2. The van der Waals surface area contributed by atoms with E-state index in [-0.39, 0.29) is 0 Å². The first-order valence-electron chi connectivity index (χ1n) is 20.6. The van der Waals surface area contributed by atoms with Crippen molar-refractivity contribution < 1.29 is 0 Å². The molecule has 11 rings (SSSR count). The number of benzene rings is 10. The summed E-state index contributed by atoms with van der Waals surface area (Å²) in [6, 6.07) is 87.9. The molecule has 0 saturated carbocycles. The monoisotopic (exact) mass is 764 g/mol. The van der Waals surface area contributed by atoms with Crippen LogP contribution in [-0.2, 0) is 0 Å². The average molecular weight is 765 g/mol. The minimum Gasteiger partial charge on any atom is -0.310 e. The molecule has 2 nitrogen and oxygen atoms in total. The molecular formula is C58H40N2. The van der Waals surface area contributed by atoms with Gasteiger partial charge in [0.15, 0.2) is 0 Å². The fourth-order valence-corrected chi connectivity index (χ4v) is 9.01. The topological polar surface area (TPSA) is 8.17 Å². The van der Waals surface area contributed by atoms with E-state index in [9.17, 15) is 0 Å². The third-order valence-electron chi connectivity index (χ3n) is 11.8. The van der Waals surface area contributed by atoms with Gasteiger partial charge in [-0.1, -0.05) is 182 Å². The molecule has 0 bridgehead atoms. The molecule has 0 unspecified atom stereocenters. The molecule has 0 saturated heterocycles. The van der Waals surface area contributed by atoms with E-state index in [1.165, 1.54) is 71.5 Å². The second-order valence-corrected chi connectivity index (χ2v) is 15.3. The van der Waals surface area contributed by atoms with Gasteiger partial charge in [-0.05, 0) is 110 Å². The average Bonchev–Trinajstić information content (AvgIpc) is 3.67. The summed E-state index contributed by atoms with van der Waals surface area (Å²) >= 11 is 0. The van der Waals surface area contributed by atoms with Crippen LogP contribution in [0.25, 0.3) is 82.8 Å². The molecule has 2 heteroatoms. The van der Waals surface area contributed by atoms with Crippen LogP contribution in [0.1, 0.15) is 0 Å². The minimum absolute atomic E-state index is 1.09. The fraction of sp³-hybridized carbons (Fsp3) is 0. The Kier molecular flexibility index (Phi) is 8.87. The first kappa shape index (κ1) is 35.2. The summed E-state index contributed by atoms with van der Waals surface area (Å²) in [4.78, 5) is 2.42. The van der Waals surface area contributed by atoms with Gasteiger partial charge in [0.05, 0.1) is 16.7 Å². The van der Waals surface area contributed by atoms with Crippen LogP contribution in [0.5, 0.6) is 0 Å². The smallest absolute Gasteiger partial charge is 0.0547 e. The molecule has 0 radical (unpaired) electrons. The van der Waals surface area contributed by atoms with Crippen LogP contribution in [0.2, 0.25) is 0 Å². The Morgan fingerprint density at radius 3 is 1.70 bits per heavy atom. The van der Waals surface area contributed by atoms with E-state index in [1.807, 2.05) is 0 Å². The highest BCUT2D eigenvalue weighted by Gasteiger charge is 2.21. The van der Waals surface area contributed by atoms with E-state index in [1.54, 1.807) is 0 Å². The summed E-state index contributed by atoms with van der Waals surface area (Å²) in [7, 11) is 0. The number of aromatic nitrogens is 1. The van der Waals surface area contributed by atoms with Crippen molar-refractivity contribution in [1.29, 1.82) is 0 Å². The van der Waals surface area contributed by atoms with Crippen molar-refractivity contribution in [1.82, 2.24) is 4.57 Å². The molecular weight excluding hydrogens is 725 g/mol. The maximum atomic E-state index is 2.42. The molecule has 0 aliphatic carbocycles. The fourth-order valence-electron chi connectivity index (χ4n) is 9.01. The molecule has 60 heavy (non-hydrogen) atoms. The number of nitrogens with zero attached hydrogens (tertiary/aromatic N) is 2. The van der Waals surface area contributed by atoms with E-state index in [4.69, 9.17) is 0 Å². The summed E-state index contributed by atoms with van der Waals surface area (Å²) in [5.41, 5.74) is 16.3. The Labute approximate surface area is 350 Å². The standard InChI is InChI=1S/C58H40N2/c1-4-17-41(18-5-1)45-35-38-56-54(40-45)58-53(30-16-32-57(58)60(56)47-24-8-3-9-25-47)46-23-14-26-49(39-46)59(55-31-13-12-28-52(55)43-19-6-2-7-20-43)48-36-33-44(34-37-48)51-29-15-22-42-21-10-11-27-50(42)51/h1-40H. The van der Waals surface area contributed by atoms with E-state index < -0.39 is 0 Å². The van der Waals surface area contributed by atoms with Crippen molar-refractivity contribution in [2.75, 3.05) is 4.90 Å². The molecule has 1 heterocycles. The van der Waals surface area contributed by atoms with Gasteiger partial charge in [-0.2, -0.15) is 0 Å². The van der Waals surface area contributed by atoms with Gasteiger partial charge in [-0.3, -0.25) is 0 Å². The van der Waals surface area contributed by atoms with Crippen molar-refractivity contribution in [3.8, 4) is 50.2 Å². The highest BCUT2D eigenvalue weighted by atomic mass is 15.1. The molecule has 0 amide bonds. The lowest BCUT2D eigenvalue weighted by molar-refractivity contribution is 1.18. The van der Waals surface area contributed by atoms with Crippen molar-refractivity contribution in [2.45, 2.75) is 0 Å². The van der Waals surface area contributed by atoms with Gasteiger partial charge in [0.2, 0.25) is 0 Å². The van der Waals surface area contributed by atoms with Crippen LogP contribution < -0.4 is 4.90 Å². The Hall–Kier alpha value is -7.94. The molecule has 0 aliphatic rings. The molecule has 1 aromatic heterocycles. The number of anilines is 3. The SMILES string of the molecule is c1ccc(-c2ccc3c(c2)c2c(-c4cccc(N(c5ccc(-c6cccc7ccccc67)cc5)c5ccccc5-c5ccccc5)c4)cccc2n3-c2ccccc2)cc1. The van der Waals surface area contributed by atoms with Crippen LogP contribution in [0.4, 0.5) is 17.1 Å². The highest BCUT2D eigenvalue weighted by molar-refractivity contribution is 6.16. The van der Waals surface area contributed by atoms with Crippen molar-refractivity contribution in [3.63, 3.8) is 0 Å². The Morgan fingerprint density at radius 2 is 0.883 bits per heavy atom. The second kappa shape index (κ2) is 15.1. The van der Waals surface area contributed by atoms with E-state index in [2.05, 4.69) is 252 Å². The van der Waals surface area contributed by atoms with Crippen LogP contribution in [0, 0.1) is 0 Å². The van der Waals surface area contributed by atoms with Gasteiger partial charge in [0, 0.05) is 33.4 Å². The zero-order valence-corrected chi connectivity index (χ0v) is 33.0. The normalized spacial score (nSPS) is 11.3. The van der Waals surface area contributed by atoms with Crippen molar-refractivity contribution >= 4 is 49.6 Å². The van der Waals surface area contributed by atoms with Crippen molar-refractivity contribution in [3.05, 3.63) is 243 Å². The Bertz CT molecular complexity index is 3290. The van der Waals surface area contributed by atoms with Gasteiger partial charge in [0.25, 0.3) is 0 Å². The number of hydrogen-bond acceptors (Lipinski definition) is 1. The van der Waals surface area contributed by atoms with Gasteiger partial charge < -0.3 is 9.47 Å². The Morgan fingerprint density at radius 1 is 0.300 bits per heavy atom. The number of hydrogen-bond donors (Lipinski definition) is 0. The van der Waals surface area contributed by atoms with E-state index >= 15 is 0 Å². The summed E-state index contributed by atoms with van der Waals surface area (Å²) in [5.74, 6) is 0. The van der Waals surface area contributed by atoms with Gasteiger partial charge in [0.1, 0.15) is 0 Å². The molecule has 282 valence electrons. The summed E-state index contributed by atoms with van der Waals surface area (Å²) in [6.45, 7) is 0. The summed E-state index contributed by atoms with van der Waals surface area (Å²) in [6.07, 6.45) is 0. The first-order chi connectivity index (χ1) is 29.8. The molecule has 0 spiro atoms. The zero-order chi connectivity index (χ0) is 39.8. The van der Waals surface area contributed by atoms with Gasteiger partial charge in [-0.15, -0.1) is 0 Å². The lowest BCUT2D eigenvalue weighted by Crippen LogP contribution is -2.11. The minimum atomic E-state index is 1.09. The molecule has 11 aromatic rings. The molecule has 0 aliphatic heterocycles. The molecule has 0 atom stereocenters. The van der Waals surface area contributed by atoms with Crippen LogP contribution in [0.15, 0.2) is 243 Å². The van der Waals surface area contributed by atoms with E-state index in [0.29, 0.717) is 0 Å². The highest BCUT2D eigenvalue weighted by Crippen LogP contribution is 2.45. The largest absolute Gasteiger partial charge is 0.310 e. The van der Waals surface area contributed by atoms with Gasteiger partial charge in [-0.25, -0.2) is 0 Å². The summed E-state index contributed by atoms with van der Waals surface area (Å²) < 4.78 is 2.41. The quantitative estimate of drug-likeness (QED) is 0.150. The number of rotatable bonds is 8. The lowest BCUT2D eigenvalue weighted by atomic mass is 9.96. The molecule has 10 aromatic carbocycles. The summed E-state index contributed by atoms with van der Waals surface area (Å²) in [5, 5.41) is 4.96. The third-order valence-corrected chi connectivity index (χ3v) is 11.8. The number of fused-ring (bicyclic) bond motifs is 4. The first-order valence-corrected chi connectivity index (χ1v) is 20.6. The Balaban J connectivity index is 1.11. The molecule has 0 N–H and O–H groups in total. The van der Waals surface area contributed by atoms with Crippen LogP contribution in [0.3, 0.4) is 0 Å². The maximum Gasteiger partial charge on any atom is 0.0547 e. The van der Waals surface area contributed by atoms with Gasteiger partial charge >= 0.3 is 0 Å². The van der Waals surface area contributed by atoms with Crippen LogP contribution in [-0.4, -0.2) is 4.57 Å². The van der Waals surface area contributed by atoms with Crippen molar-refractivity contribution in [2.24, 2.45) is 0 Å². The zero-order valence-electron chi connectivity index (χ0n) is 33.0. The maximum absolute atomic E-state index is 2.42. The lowest BCUT2D eigenvalue weighted by Gasteiger charge is -2.28. The second-order valence-electron chi connectivity index (χ2n) is 15.3. The van der Waals surface area contributed by atoms with Crippen LogP contribution >= 0.6 is 0 Å². The predicted molar refractivity (Wildman–Crippen MR) is 255 cm³/mol.